The third-order valence-corrected chi connectivity index (χ3v) is 5.10. The predicted molar refractivity (Wildman–Crippen MR) is 86.2 cm³/mol. The Bertz CT molecular complexity index is 431. The molecule has 19 heavy (non-hydrogen) atoms. The van der Waals surface area contributed by atoms with Crippen LogP contribution < -0.4 is 5.32 Å². The average Bonchev–Trinajstić information content (AvgIpc) is 3.05. The first kappa shape index (κ1) is 15.6. The highest BCUT2D eigenvalue weighted by atomic mass is 79.9. The van der Waals surface area contributed by atoms with E-state index < -0.39 is 0 Å². The minimum atomic E-state index is 0. The first-order valence-electron chi connectivity index (χ1n) is 6.64. The van der Waals surface area contributed by atoms with Crippen LogP contribution >= 0.6 is 39.9 Å². The summed E-state index contributed by atoms with van der Waals surface area (Å²) in [6, 6.07) is 7.82. The van der Waals surface area contributed by atoms with Crippen LogP contribution in [0.5, 0.6) is 0 Å². The molecular weight excluding hydrogens is 347 g/mol. The van der Waals surface area contributed by atoms with Crippen molar-refractivity contribution < 1.29 is 0 Å². The molecule has 2 nitrogen and oxygen atoms in total. The fourth-order valence-corrected chi connectivity index (χ4v) is 3.18. The number of halogens is 3. The molecule has 1 aromatic carbocycles. The van der Waals surface area contributed by atoms with E-state index in [0.717, 1.165) is 35.2 Å². The fourth-order valence-electron chi connectivity index (χ4n) is 2.73. The van der Waals surface area contributed by atoms with Crippen molar-refractivity contribution in [3.63, 3.8) is 0 Å². The molecule has 0 amide bonds. The zero-order valence-electron chi connectivity index (χ0n) is 10.7. The van der Waals surface area contributed by atoms with Gasteiger partial charge in [-0.25, -0.2) is 0 Å². The van der Waals surface area contributed by atoms with Gasteiger partial charge in [0.2, 0.25) is 0 Å². The third kappa shape index (κ3) is 3.85. The third-order valence-electron chi connectivity index (χ3n) is 3.87. The Balaban J connectivity index is 0.00000133. The number of nitrogens with one attached hydrogen (secondary N) is 1. The van der Waals surface area contributed by atoms with Gasteiger partial charge in [-0.05, 0) is 59.4 Å². The molecule has 1 saturated heterocycles. The van der Waals surface area contributed by atoms with Gasteiger partial charge >= 0.3 is 0 Å². The van der Waals surface area contributed by atoms with E-state index in [1.165, 1.54) is 24.8 Å². The number of hydrogen-bond acceptors (Lipinski definition) is 2. The Hall–Kier alpha value is 0.200. The quantitative estimate of drug-likeness (QED) is 0.871. The monoisotopic (exact) mass is 364 g/mol. The van der Waals surface area contributed by atoms with Crippen molar-refractivity contribution in [1.29, 1.82) is 0 Å². The van der Waals surface area contributed by atoms with E-state index in [1.807, 2.05) is 0 Å². The second kappa shape index (κ2) is 6.77. The van der Waals surface area contributed by atoms with Gasteiger partial charge < -0.3 is 5.32 Å². The minimum Gasteiger partial charge on any atom is -0.315 e. The second-order valence-corrected chi connectivity index (χ2v) is 6.56. The van der Waals surface area contributed by atoms with Crippen LogP contribution in [0, 0.1) is 0 Å². The summed E-state index contributed by atoms with van der Waals surface area (Å²) in [4.78, 5) is 2.67. The topological polar surface area (TPSA) is 15.3 Å². The van der Waals surface area contributed by atoms with Crippen molar-refractivity contribution in [3.05, 3.63) is 33.3 Å². The summed E-state index contributed by atoms with van der Waals surface area (Å²) in [6.07, 6.45) is 4.00. The molecule has 1 saturated carbocycles. The van der Waals surface area contributed by atoms with Gasteiger partial charge in [0.15, 0.2) is 0 Å². The van der Waals surface area contributed by atoms with E-state index in [4.69, 9.17) is 11.6 Å². The summed E-state index contributed by atoms with van der Waals surface area (Å²) in [5.41, 5.74) is 1.32. The highest BCUT2D eigenvalue weighted by Gasteiger charge is 2.34. The minimum absolute atomic E-state index is 0. The molecule has 0 radical (unpaired) electrons. The van der Waals surface area contributed by atoms with E-state index in [9.17, 15) is 0 Å². The van der Waals surface area contributed by atoms with E-state index in [0.29, 0.717) is 6.04 Å². The van der Waals surface area contributed by atoms with Gasteiger partial charge in [0.25, 0.3) is 0 Å². The number of rotatable bonds is 4. The maximum atomic E-state index is 6.17. The molecule has 1 atom stereocenters. The first-order valence-corrected chi connectivity index (χ1v) is 7.81. The Kier molecular flexibility index (Phi) is 5.55. The van der Waals surface area contributed by atoms with Crippen molar-refractivity contribution in [1.82, 2.24) is 10.2 Å². The lowest BCUT2D eigenvalue weighted by atomic mass is 10.1. The van der Waals surface area contributed by atoms with Gasteiger partial charge in [0.05, 0.1) is 5.02 Å². The zero-order valence-corrected chi connectivity index (χ0v) is 13.9. The highest BCUT2D eigenvalue weighted by Crippen LogP contribution is 2.32. The number of benzene rings is 1. The summed E-state index contributed by atoms with van der Waals surface area (Å²) in [6.45, 7) is 3.33. The van der Waals surface area contributed by atoms with Gasteiger partial charge in [0, 0.05) is 29.6 Å². The molecule has 1 aliphatic heterocycles. The Morgan fingerprint density at radius 1 is 1.26 bits per heavy atom. The van der Waals surface area contributed by atoms with Crippen LogP contribution in [0.3, 0.4) is 0 Å². The summed E-state index contributed by atoms with van der Waals surface area (Å²) >= 11 is 9.62. The van der Waals surface area contributed by atoms with Crippen LogP contribution in [-0.4, -0.2) is 30.1 Å². The predicted octanol–water partition coefficient (Wildman–Crippen LogP) is 3.85. The summed E-state index contributed by atoms with van der Waals surface area (Å²) in [5, 5.41) is 4.28. The molecule has 1 unspecified atom stereocenters. The molecule has 106 valence electrons. The fraction of sp³-hybridized carbons (Fsp3) is 0.571. The maximum Gasteiger partial charge on any atom is 0.0551 e. The standard InChI is InChI=1S/C14H18BrClN2.ClH/c15-13-4-1-10(7-14(13)16)9-18(11-2-3-11)12-5-6-17-8-12;/h1,4,7,11-12,17H,2-3,5-6,8-9H2;1H. The van der Waals surface area contributed by atoms with Crippen molar-refractivity contribution in [2.45, 2.75) is 37.9 Å². The lowest BCUT2D eigenvalue weighted by Crippen LogP contribution is -2.38. The van der Waals surface area contributed by atoms with Crippen molar-refractivity contribution >= 4 is 39.9 Å². The van der Waals surface area contributed by atoms with Crippen molar-refractivity contribution in [3.8, 4) is 0 Å². The molecule has 3 rings (SSSR count). The molecule has 5 heteroatoms. The van der Waals surface area contributed by atoms with Gasteiger partial charge in [-0.3, -0.25) is 4.90 Å². The van der Waals surface area contributed by atoms with Crippen LogP contribution in [-0.2, 0) is 6.54 Å². The number of hydrogen-bond donors (Lipinski definition) is 1. The van der Waals surface area contributed by atoms with Gasteiger partial charge in [-0.2, -0.15) is 0 Å². The van der Waals surface area contributed by atoms with E-state index in [2.05, 4.69) is 44.3 Å². The molecule has 1 N–H and O–H groups in total. The van der Waals surface area contributed by atoms with Crippen molar-refractivity contribution in [2.75, 3.05) is 13.1 Å². The van der Waals surface area contributed by atoms with Crippen LogP contribution in [0.1, 0.15) is 24.8 Å². The average molecular weight is 366 g/mol. The highest BCUT2D eigenvalue weighted by molar-refractivity contribution is 9.10. The Morgan fingerprint density at radius 3 is 2.63 bits per heavy atom. The molecule has 2 aliphatic rings. The van der Waals surface area contributed by atoms with Crippen LogP contribution in [0.2, 0.25) is 5.02 Å². The molecule has 1 aliphatic carbocycles. The Morgan fingerprint density at radius 2 is 2.05 bits per heavy atom. The molecule has 2 fully saturated rings. The van der Waals surface area contributed by atoms with E-state index >= 15 is 0 Å². The summed E-state index contributed by atoms with van der Waals surface area (Å²) < 4.78 is 0.980. The van der Waals surface area contributed by atoms with Crippen LogP contribution in [0.25, 0.3) is 0 Å². The molecular formula is C14H19BrCl2N2. The Labute approximate surface area is 134 Å². The smallest absolute Gasteiger partial charge is 0.0551 e. The SMILES string of the molecule is Cl.Clc1cc(CN(C2CC2)C2CCNC2)ccc1Br. The van der Waals surface area contributed by atoms with E-state index in [-0.39, 0.29) is 12.4 Å². The zero-order chi connectivity index (χ0) is 12.5. The molecule has 1 aromatic rings. The summed E-state index contributed by atoms with van der Waals surface area (Å²) in [5.74, 6) is 0. The number of nitrogens with zero attached hydrogens (tertiary/aromatic N) is 1. The first-order chi connectivity index (χ1) is 8.74. The molecule has 0 bridgehead atoms. The molecule has 1 heterocycles. The summed E-state index contributed by atoms with van der Waals surface area (Å²) in [7, 11) is 0. The largest absolute Gasteiger partial charge is 0.315 e. The van der Waals surface area contributed by atoms with Gasteiger partial charge in [-0.15, -0.1) is 12.4 Å². The maximum absolute atomic E-state index is 6.17. The van der Waals surface area contributed by atoms with Crippen molar-refractivity contribution in [2.24, 2.45) is 0 Å². The van der Waals surface area contributed by atoms with Gasteiger partial charge in [0.1, 0.15) is 0 Å². The van der Waals surface area contributed by atoms with E-state index in [1.54, 1.807) is 0 Å². The van der Waals surface area contributed by atoms with Crippen LogP contribution in [0.15, 0.2) is 22.7 Å². The molecule has 0 aromatic heterocycles. The van der Waals surface area contributed by atoms with Crippen LogP contribution in [0.4, 0.5) is 0 Å². The normalized spacial score (nSPS) is 22.6. The van der Waals surface area contributed by atoms with Gasteiger partial charge in [-0.1, -0.05) is 17.7 Å². The lowest BCUT2D eigenvalue weighted by Gasteiger charge is -2.28. The molecule has 0 spiro atoms. The second-order valence-electron chi connectivity index (χ2n) is 5.30. The lowest BCUT2D eigenvalue weighted by molar-refractivity contribution is 0.189.